The van der Waals surface area contributed by atoms with Crippen LogP contribution >= 0.6 is 31.9 Å². The third kappa shape index (κ3) is 8.90. The Morgan fingerprint density at radius 2 is 1.31 bits per heavy atom. The van der Waals surface area contributed by atoms with Crippen LogP contribution in [0.25, 0.3) is 21.8 Å². The lowest BCUT2D eigenvalue weighted by Crippen LogP contribution is -2.25. The number of ether oxygens (including phenoxy) is 4. The predicted octanol–water partition coefficient (Wildman–Crippen LogP) is 5.76. The third-order valence-corrected chi connectivity index (χ3v) is 5.42. The number of rotatable bonds is 7. The van der Waals surface area contributed by atoms with Crippen LogP contribution in [0.4, 0.5) is 13.6 Å². The number of hydrogen-bond donors (Lipinski definition) is 1. The van der Waals surface area contributed by atoms with E-state index in [-0.39, 0.29) is 49.2 Å². The number of hydrogen-bond acceptors (Lipinski definition) is 10. The molecule has 0 spiro atoms. The maximum Gasteiger partial charge on any atom is 0.508 e. The van der Waals surface area contributed by atoms with Gasteiger partial charge < -0.3 is 24.1 Å². The van der Waals surface area contributed by atoms with E-state index in [0.717, 1.165) is 0 Å². The van der Waals surface area contributed by atoms with Gasteiger partial charge in [-0.3, -0.25) is 0 Å². The van der Waals surface area contributed by atoms with Gasteiger partial charge in [0, 0.05) is 8.95 Å². The van der Waals surface area contributed by atoms with Gasteiger partial charge in [0.2, 0.25) is 11.8 Å². The molecule has 0 atom stereocenters. The van der Waals surface area contributed by atoms with Crippen molar-refractivity contribution in [3.63, 3.8) is 0 Å². The van der Waals surface area contributed by atoms with E-state index in [1.807, 2.05) is 0 Å². The fraction of sp³-hybridized carbons (Fsp3) is 0.320. The van der Waals surface area contributed by atoms with Crippen LogP contribution in [0.5, 0.6) is 11.8 Å². The van der Waals surface area contributed by atoms with E-state index in [1.54, 1.807) is 32.9 Å². The fourth-order valence-corrected chi connectivity index (χ4v) is 3.91. The number of carbonyl (C=O) groups is 1. The highest BCUT2D eigenvalue weighted by Gasteiger charge is 2.17. The molecule has 0 unspecified atom stereocenters. The molecule has 4 rings (SSSR count). The van der Waals surface area contributed by atoms with Crippen LogP contribution in [-0.4, -0.2) is 63.2 Å². The van der Waals surface area contributed by atoms with Gasteiger partial charge in [0.25, 0.3) is 0 Å². The lowest BCUT2D eigenvalue weighted by molar-refractivity contribution is -0.0115. The Hall–Kier alpha value is -3.23. The molecule has 2 heterocycles. The van der Waals surface area contributed by atoms with Crippen molar-refractivity contribution in [1.82, 2.24) is 19.9 Å². The van der Waals surface area contributed by atoms with Gasteiger partial charge in [0.05, 0.1) is 17.4 Å². The standard InChI is InChI=1S/C15H16BrFN2O4.C10H8BrFN2O2/c1-15(2,3)23-14(20)22-5-4-21-13-10-6-9(16)7-11(17)12(10)18-8-19-13;11-6-3-7-9(8(12)4-6)13-5-14-10(7)16-2-1-15/h6-8H,4-5H2,1-3H3;3-5,15H,1-2H2. The van der Waals surface area contributed by atoms with Crippen molar-refractivity contribution in [3.8, 4) is 11.8 Å². The van der Waals surface area contributed by atoms with E-state index >= 15 is 0 Å². The van der Waals surface area contributed by atoms with E-state index < -0.39 is 23.4 Å². The summed E-state index contributed by atoms with van der Waals surface area (Å²) in [5.74, 6) is -0.450. The molecule has 0 aliphatic heterocycles. The first-order valence-corrected chi connectivity index (χ1v) is 13.0. The molecule has 2 aromatic carbocycles. The second-order valence-corrected chi connectivity index (χ2v) is 10.5. The maximum absolute atomic E-state index is 13.8. The number of nitrogens with zero attached hydrogens (tertiary/aromatic N) is 4. The first kappa shape index (κ1) is 30.3. The largest absolute Gasteiger partial charge is 0.508 e. The number of carbonyl (C=O) groups excluding carboxylic acids is 1. The van der Waals surface area contributed by atoms with E-state index in [9.17, 15) is 13.6 Å². The van der Waals surface area contributed by atoms with Crippen LogP contribution in [0.3, 0.4) is 0 Å². The molecular formula is C25H24Br2F2N4O6. The minimum Gasteiger partial charge on any atom is -0.475 e. The summed E-state index contributed by atoms with van der Waals surface area (Å²) in [5.41, 5.74) is -0.262. The highest BCUT2D eigenvalue weighted by molar-refractivity contribution is 9.10. The number of aliphatic hydroxyl groups is 1. The van der Waals surface area contributed by atoms with Crippen LogP contribution in [0, 0.1) is 11.6 Å². The second kappa shape index (κ2) is 13.7. The highest BCUT2D eigenvalue weighted by atomic mass is 79.9. The van der Waals surface area contributed by atoms with Gasteiger partial charge in [-0.1, -0.05) is 31.9 Å². The number of benzene rings is 2. The SMILES string of the molecule is CC(C)(C)OC(=O)OCCOc1ncnc2c(F)cc(Br)cc12.OCCOc1ncnc2c(F)cc(Br)cc12. The average molecular weight is 674 g/mol. The van der Waals surface area contributed by atoms with Crippen LogP contribution in [0.15, 0.2) is 45.9 Å². The van der Waals surface area contributed by atoms with Gasteiger partial charge in [-0.05, 0) is 45.0 Å². The Kier molecular flexibility index (Phi) is 10.7. The van der Waals surface area contributed by atoms with Gasteiger partial charge >= 0.3 is 6.16 Å². The Bertz CT molecular complexity index is 1460. The zero-order chi connectivity index (χ0) is 28.6. The summed E-state index contributed by atoms with van der Waals surface area (Å²) in [6.07, 6.45) is 1.66. The smallest absolute Gasteiger partial charge is 0.475 e. The van der Waals surface area contributed by atoms with Gasteiger partial charge in [0.1, 0.15) is 49.1 Å². The molecule has 0 saturated heterocycles. The van der Waals surface area contributed by atoms with Gasteiger partial charge in [-0.15, -0.1) is 0 Å². The molecule has 1 N–H and O–H groups in total. The summed E-state index contributed by atoms with van der Waals surface area (Å²) in [5, 5.41) is 9.56. The Morgan fingerprint density at radius 1 is 0.821 bits per heavy atom. The first-order chi connectivity index (χ1) is 18.5. The van der Waals surface area contributed by atoms with Crippen LogP contribution in [0.2, 0.25) is 0 Å². The molecule has 10 nitrogen and oxygen atoms in total. The number of halogens is 4. The third-order valence-electron chi connectivity index (χ3n) is 4.50. The molecule has 0 saturated carbocycles. The van der Waals surface area contributed by atoms with Crippen molar-refractivity contribution in [2.45, 2.75) is 26.4 Å². The van der Waals surface area contributed by atoms with Crippen molar-refractivity contribution >= 4 is 59.8 Å². The first-order valence-electron chi connectivity index (χ1n) is 11.4. The summed E-state index contributed by atoms with van der Waals surface area (Å²) in [4.78, 5) is 27.0. The Balaban J connectivity index is 0.000000230. The molecule has 2 aromatic heterocycles. The summed E-state index contributed by atoms with van der Waals surface area (Å²) in [7, 11) is 0. The van der Waals surface area contributed by atoms with Crippen LogP contribution in [-0.2, 0) is 9.47 Å². The molecule has 0 aliphatic carbocycles. The molecule has 0 fully saturated rings. The summed E-state index contributed by atoms with van der Waals surface area (Å²) in [6, 6.07) is 5.96. The molecule has 0 aliphatic rings. The topological polar surface area (TPSA) is 126 Å². The lowest BCUT2D eigenvalue weighted by Gasteiger charge is -2.18. The summed E-state index contributed by atoms with van der Waals surface area (Å²) in [6.45, 7) is 5.25. The van der Waals surface area contributed by atoms with Gasteiger partial charge in [-0.25, -0.2) is 33.5 Å². The number of aliphatic hydroxyl groups excluding tert-OH is 1. The highest BCUT2D eigenvalue weighted by Crippen LogP contribution is 2.28. The molecule has 0 amide bonds. The lowest BCUT2D eigenvalue weighted by atomic mass is 10.2. The quantitative estimate of drug-likeness (QED) is 0.191. The zero-order valence-corrected chi connectivity index (χ0v) is 24.3. The van der Waals surface area contributed by atoms with Gasteiger partial charge in [0.15, 0.2) is 11.6 Å². The van der Waals surface area contributed by atoms with Crippen molar-refractivity contribution in [2.75, 3.05) is 26.4 Å². The molecule has 0 radical (unpaired) electrons. The summed E-state index contributed by atoms with van der Waals surface area (Å²) >= 11 is 6.39. The number of aromatic nitrogens is 4. The van der Waals surface area contributed by atoms with E-state index in [4.69, 9.17) is 24.1 Å². The van der Waals surface area contributed by atoms with Crippen molar-refractivity contribution < 1.29 is 37.6 Å². The van der Waals surface area contributed by atoms with Crippen molar-refractivity contribution in [2.24, 2.45) is 0 Å². The van der Waals surface area contributed by atoms with E-state index in [0.29, 0.717) is 19.7 Å². The maximum atomic E-state index is 13.8. The summed E-state index contributed by atoms with van der Waals surface area (Å²) < 4.78 is 49.0. The Morgan fingerprint density at radius 3 is 1.77 bits per heavy atom. The Labute approximate surface area is 238 Å². The fourth-order valence-electron chi connectivity index (χ4n) is 3.05. The van der Waals surface area contributed by atoms with Crippen LogP contribution < -0.4 is 9.47 Å². The van der Waals surface area contributed by atoms with Crippen LogP contribution in [0.1, 0.15) is 20.8 Å². The normalized spacial score (nSPS) is 11.1. The van der Waals surface area contributed by atoms with Crippen molar-refractivity contribution in [3.05, 3.63) is 57.5 Å². The van der Waals surface area contributed by atoms with Gasteiger partial charge in [-0.2, -0.15) is 0 Å². The zero-order valence-electron chi connectivity index (χ0n) is 21.1. The molecule has 14 heteroatoms. The molecule has 39 heavy (non-hydrogen) atoms. The van der Waals surface area contributed by atoms with E-state index in [2.05, 4.69) is 51.8 Å². The molecule has 4 aromatic rings. The molecular weight excluding hydrogens is 650 g/mol. The monoisotopic (exact) mass is 672 g/mol. The number of fused-ring (bicyclic) bond motifs is 2. The molecule has 0 bridgehead atoms. The van der Waals surface area contributed by atoms with Crippen molar-refractivity contribution in [1.29, 1.82) is 0 Å². The second-order valence-electron chi connectivity index (χ2n) is 8.66. The minimum absolute atomic E-state index is 0.0170. The molecule has 208 valence electrons. The predicted molar refractivity (Wildman–Crippen MR) is 145 cm³/mol. The minimum atomic E-state index is -0.776. The average Bonchev–Trinajstić information content (AvgIpc) is 2.85. The van der Waals surface area contributed by atoms with E-state index in [1.165, 1.54) is 24.8 Å².